The molecule has 0 saturated heterocycles. The molecule has 4 nitrogen and oxygen atoms in total. The van der Waals surface area contributed by atoms with Crippen molar-refractivity contribution < 1.29 is 14.3 Å². The molecule has 0 aromatic heterocycles. The zero-order chi connectivity index (χ0) is 13.8. The fraction of sp³-hybridized carbons (Fsp3) is 0.533. The number of nitrogens with one attached hydrogen (secondary N) is 1. The molecule has 0 heterocycles. The SMILES string of the molecule is COc1ccc(CCNC(=O)C2CC2)c(OC)c1C. The number of methoxy groups -OCH3 is 2. The Kier molecular flexibility index (Phi) is 4.30. The van der Waals surface area contributed by atoms with Crippen LogP contribution in [0.2, 0.25) is 0 Å². The molecule has 104 valence electrons. The highest BCUT2D eigenvalue weighted by Gasteiger charge is 2.29. The van der Waals surface area contributed by atoms with Crippen LogP contribution in [-0.2, 0) is 11.2 Å². The molecule has 0 bridgehead atoms. The summed E-state index contributed by atoms with van der Waals surface area (Å²) in [6.45, 7) is 2.63. The van der Waals surface area contributed by atoms with E-state index in [1.165, 1.54) is 0 Å². The standard InChI is InChI=1S/C15H21NO3/c1-10-13(18-2)7-6-11(14(10)19-3)8-9-16-15(17)12-4-5-12/h6-7,12H,4-5,8-9H2,1-3H3,(H,16,17). The van der Waals surface area contributed by atoms with Gasteiger partial charge in [-0.15, -0.1) is 0 Å². The van der Waals surface area contributed by atoms with Crippen LogP contribution in [0, 0.1) is 12.8 Å². The lowest BCUT2D eigenvalue weighted by atomic mass is 10.1. The van der Waals surface area contributed by atoms with E-state index in [0.29, 0.717) is 6.54 Å². The van der Waals surface area contributed by atoms with E-state index in [1.54, 1.807) is 14.2 Å². The third-order valence-corrected chi connectivity index (χ3v) is 3.50. The predicted molar refractivity (Wildman–Crippen MR) is 73.7 cm³/mol. The van der Waals surface area contributed by atoms with Gasteiger partial charge in [-0.3, -0.25) is 4.79 Å². The lowest BCUT2D eigenvalue weighted by molar-refractivity contribution is -0.122. The van der Waals surface area contributed by atoms with Crippen molar-refractivity contribution in [2.24, 2.45) is 5.92 Å². The number of carbonyl (C=O) groups excluding carboxylic acids is 1. The maximum Gasteiger partial charge on any atom is 0.223 e. The van der Waals surface area contributed by atoms with Crippen LogP contribution in [-0.4, -0.2) is 26.7 Å². The highest BCUT2D eigenvalue weighted by molar-refractivity contribution is 5.80. The lowest BCUT2D eigenvalue weighted by Crippen LogP contribution is -2.27. The average molecular weight is 263 g/mol. The van der Waals surface area contributed by atoms with Gasteiger partial charge in [-0.25, -0.2) is 0 Å². The Hall–Kier alpha value is -1.71. The first-order valence-corrected chi connectivity index (χ1v) is 6.65. The van der Waals surface area contributed by atoms with Crippen LogP contribution in [0.1, 0.15) is 24.0 Å². The highest BCUT2D eigenvalue weighted by atomic mass is 16.5. The Labute approximate surface area is 114 Å². The third-order valence-electron chi connectivity index (χ3n) is 3.50. The van der Waals surface area contributed by atoms with Gasteiger partial charge in [-0.2, -0.15) is 0 Å². The molecule has 0 unspecified atom stereocenters. The maximum atomic E-state index is 11.6. The fourth-order valence-corrected chi connectivity index (χ4v) is 2.24. The van der Waals surface area contributed by atoms with E-state index in [0.717, 1.165) is 41.9 Å². The molecule has 0 radical (unpaired) electrons. The van der Waals surface area contributed by atoms with Crippen molar-refractivity contribution in [3.8, 4) is 11.5 Å². The van der Waals surface area contributed by atoms with Crippen LogP contribution in [0.5, 0.6) is 11.5 Å². The van der Waals surface area contributed by atoms with Crippen LogP contribution in [0.3, 0.4) is 0 Å². The number of hydrogen-bond donors (Lipinski definition) is 1. The number of rotatable bonds is 6. The second kappa shape index (κ2) is 5.95. The molecule has 0 spiro atoms. The summed E-state index contributed by atoms with van der Waals surface area (Å²) in [5.41, 5.74) is 2.09. The van der Waals surface area contributed by atoms with Crippen molar-refractivity contribution in [3.05, 3.63) is 23.3 Å². The number of amides is 1. The van der Waals surface area contributed by atoms with Gasteiger partial charge >= 0.3 is 0 Å². The van der Waals surface area contributed by atoms with Gasteiger partial charge in [0.05, 0.1) is 14.2 Å². The molecule has 1 amide bonds. The second-order valence-corrected chi connectivity index (χ2v) is 4.90. The summed E-state index contributed by atoms with van der Waals surface area (Å²) >= 11 is 0. The van der Waals surface area contributed by atoms with Gasteiger partial charge in [-0.1, -0.05) is 6.07 Å². The molecule has 1 fully saturated rings. The Morgan fingerprint density at radius 3 is 2.63 bits per heavy atom. The van der Waals surface area contributed by atoms with E-state index < -0.39 is 0 Å². The lowest BCUT2D eigenvalue weighted by Gasteiger charge is -2.14. The average Bonchev–Trinajstić information content (AvgIpc) is 3.23. The van der Waals surface area contributed by atoms with E-state index in [9.17, 15) is 4.79 Å². The molecular weight excluding hydrogens is 242 g/mol. The number of carbonyl (C=O) groups is 1. The molecule has 4 heteroatoms. The zero-order valence-electron chi connectivity index (χ0n) is 11.8. The molecular formula is C15H21NO3. The summed E-state index contributed by atoms with van der Waals surface area (Å²) in [6.07, 6.45) is 2.85. The van der Waals surface area contributed by atoms with E-state index in [4.69, 9.17) is 9.47 Å². The Morgan fingerprint density at radius 2 is 2.05 bits per heavy atom. The van der Waals surface area contributed by atoms with Crippen molar-refractivity contribution in [1.82, 2.24) is 5.32 Å². The molecule has 0 aliphatic heterocycles. The van der Waals surface area contributed by atoms with Gasteiger partial charge in [0, 0.05) is 18.0 Å². The molecule has 19 heavy (non-hydrogen) atoms. The van der Waals surface area contributed by atoms with Crippen molar-refractivity contribution in [1.29, 1.82) is 0 Å². The number of ether oxygens (including phenoxy) is 2. The summed E-state index contributed by atoms with van der Waals surface area (Å²) in [5, 5.41) is 2.97. The molecule has 0 atom stereocenters. The number of hydrogen-bond acceptors (Lipinski definition) is 3. The first-order chi connectivity index (χ1) is 9.17. The molecule has 1 N–H and O–H groups in total. The molecule has 1 saturated carbocycles. The molecule has 2 rings (SSSR count). The Balaban J connectivity index is 1.98. The predicted octanol–water partition coefficient (Wildman–Crippen LogP) is 2.08. The van der Waals surface area contributed by atoms with Gasteiger partial charge in [-0.05, 0) is 37.8 Å². The quantitative estimate of drug-likeness (QED) is 0.855. The highest BCUT2D eigenvalue weighted by Crippen LogP contribution is 2.31. The first-order valence-electron chi connectivity index (χ1n) is 6.65. The maximum absolute atomic E-state index is 11.6. The summed E-state index contributed by atoms with van der Waals surface area (Å²) in [7, 11) is 3.31. The van der Waals surface area contributed by atoms with Crippen molar-refractivity contribution in [2.45, 2.75) is 26.2 Å². The molecule has 1 aliphatic carbocycles. The molecule has 1 aromatic carbocycles. The van der Waals surface area contributed by atoms with Gasteiger partial charge in [0.25, 0.3) is 0 Å². The smallest absolute Gasteiger partial charge is 0.223 e. The van der Waals surface area contributed by atoms with Crippen molar-refractivity contribution in [3.63, 3.8) is 0 Å². The minimum absolute atomic E-state index is 0.184. The summed E-state index contributed by atoms with van der Waals surface area (Å²) in [4.78, 5) is 11.6. The Morgan fingerprint density at radius 1 is 1.32 bits per heavy atom. The van der Waals surface area contributed by atoms with Crippen molar-refractivity contribution in [2.75, 3.05) is 20.8 Å². The fourth-order valence-electron chi connectivity index (χ4n) is 2.24. The van der Waals surface area contributed by atoms with Crippen molar-refractivity contribution >= 4 is 5.91 Å². The van der Waals surface area contributed by atoms with E-state index in [1.807, 2.05) is 19.1 Å². The second-order valence-electron chi connectivity index (χ2n) is 4.90. The summed E-state index contributed by atoms with van der Waals surface area (Å²) in [6, 6.07) is 3.93. The molecule has 1 aromatic rings. The van der Waals surface area contributed by atoms with Crippen LogP contribution >= 0.6 is 0 Å². The minimum atomic E-state index is 0.184. The molecule has 1 aliphatic rings. The van der Waals surface area contributed by atoms with Crippen LogP contribution in [0.25, 0.3) is 0 Å². The van der Waals surface area contributed by atoms with Crippen LogP contribution in [0.4, 0.5) is 0 Å². The number of benzene rings is 1. The van der Waals surface area contributed by atoms with E-state index in [2.05, 4.69) is 5.32 Å². The van der Waals surface area contributed by atoms with Gasteiger partial charge in [0.1, 0.15) is 11.5 Å². The van der Waals surface area contributed by atoms with Crippen LogP contribution < -0.4 is 14.8 Å². The summed E-state index contributed by atoms with van der Waals surface area (Å²) < 4.78 is 10.7. The zero-order valence-corrected chi connectivity index (χ0v) is 11.8. The van der Waals surface area contributed by atoms with Gasteiger partial charge in [0.2, 0.25) is 5.91 Å². The van der Waals surface area contributed by atoms with Gasteiger partial charge < -0.3 is 14.8 Å². The van der Waals surface area contributed by atoms with Crippen LogP contribution in [0.15, 0.2) is 12.1 Å². The summed E-state index contributed by atoms with van der Waals surface area (Å²) in [5.74, 6) is 2.12. The monoisotopic (exact) mass is 263 g/mol. The topological polar surface area (TPSA) is 47.6 Å². The third kappa shape index (κ3) is 3.19. The first kappa shape index (κ1) is 13.7. The largest absolute Gasteiger partial charge is 0.496 e. The minimum Gasteiger partial charge on any atom is -0.496 e. The van der Waals surface area contributed by atoms with Gasteiger partial charge in [0.15, 0.2) is 0 Å². The van der Waals surface area contributed by atoms with E-state index >= 15 is 0 Å². The normalized spacial score (nSPS) is 14.1. The van der Waals surface area contributed by atoms with E-state index in [-0.39, 0.29) is 11.8 Å². The Bertz CT molecular complexity index is 467.